The van der Waals surface area contributed by atoms with Crippen LogP contribution < -0.4 is 0 Å². The number of hydrogen-bond acceptors (Lipinski definition) is 1. The topological polar surface area (TPSA) is 17.1 Å². The summed E-state index contributed by atoms with van der Waals surface area (Å²) in [6, 6.07) is 0. The van der Waals surface area contributed by atoms with Crippen LogP contribution in [0.2, 0.25) is 0 Å². The van der Waals surface area contributed by atoms with E-state index in [2.05, 4.69) is 12.8 Å². The minimum atomic E-state index is 0.0214. The number of ketones is 1. The number of hydrogen-bond donors (Lipinski definition) is 0. The van der Waals surface area contributed by atoms with Gasteiger partial charge in [0.1, 0.15) is 0 Å². The zero-order valence-electron chi connectivity index (χ0n) is 7.68. The molecule has 0 aromatic carbocycles. The standard InChI is InChI=1S/C11H16O/c1-3-9-6-5-7-10(8-9)11(12)4-2/h2,9-10H,3,5-8H2,1H3. The van der Waals surface area contributed by atoms with Crippen molar-refractivity contribution in [1.29, 1.82) is 0 Å². The summed E-state index contributed by atoms with van der Waals surface area (Å²) in [6.45, 7) is 2.19. The Bertz CT molecular complexity index is 200. The van der Waals surface area contributed by atoms with Gasteiger partial charge in [-0.2, -0.15) is 0 Å². The molecule has 2 unspecified atom stereocenters. The molecule has 1 aliphatic carbocycles. The lowest BCUT2D eigenvalue weighted by molar-refractivity contribution is -0.118. The van der Waals surface area contributed by atoms with Gasteiger partial charge in [0, 0.05) is 5.92 Å². The van der Waals surface area contributed by atoms with E-state index in [0.29, 0.717) is 0 Å². The van der Waals surface area contributed by atoms with Crippen LogP contribution in [0.3, 0.4) is 0 Å². The van der Waals surface area contributed by atoms with Crippen LogP contribution in [0.4, 0.5) is 0 Å². The first-order valence-electron chi connectivity index (χ1n) is 4.78. The molecule has 0 aromatic heterocycles. The van der Waals surface area contributed by atoms with E-state index in [0.717, 1.165) is 18.8 Å². The lowest BCUT2D eigenvalue weighted by atomic mass is 9.78. The fraction of sp³-hybridized carbons (Fsp3) is 0.727. The van der Waals surface area contributed by atoms with Gasteiger partial charge in [-0.3, -0.25) is 4.79 Å². The highest BCUT2D eigenvalue weighted by molar-refractivity contribution is 5.96. The van der Waals surface area contributed by atoms with Crippen molar-refractivity contribution in [2.45, 2.75) is 39.0 Å². The Hall–Kier alpha value is -0.770. The molecule has 0 spiro atoms. The Morgan fingerprint density at radius 2 is 2.33 bits per heavy atom. The predicted molar refractivity (Wildman–Crippen MR) is 49.6 cm³/mol. The highest BCUT2D eigenvalue weighted by atomic mass is 16.1. The van der Waals surface area contributed by atoms with Crippen molar-refractivity contribution < 1.29 is 4.79 Å². The maximum atomic E-state index is 11.2. The molecule has 0 N–H and O–H groups in total. The first kappa shape index (κ1) is 9.32. The average Bonchev–Trinajstić information content (AvgIpc) is 2.17. The van der Waals surface area contributed by atoms with Crippen molar-refractivity contribution in [3.63, 3.8) is 0 Å². The van der Waals surface area contributed by atoms with Gasteiger partial charge in [0.15, 0.2) is 0 Å². The maximum Gasteiger partial charge on any atom is 0.208 e. The first-order valence-corrected chi connectivity index (χ1v) is 4.78. The summed E-state index contributed by atoms with van der Waals surface area (Å²) < 4.78 is 0. The van der Waals surface area contributed by atoms with Crippen LogP contribution in [0.5, 0.6) is 0 Å². The minimum absolute atomic E-state index is 0.0214. The second-order valence-corrected chi connectivity index (χ2v) is 3.65. The van der Waals surface area contributed by atoms with Crippen molar-refractivity contribution in [3.8, 4) is 12.3 Å². The van der Waals surface area contributed by atoms with Crippen LogP contribution in [-0.4, -0.2) is 5.78 Å². The summed E-state index contributed by atoms with van der Waals surface area (Å²) in [5.74, 6) is 3.17. The normalized spacial score (nSPS) is 29.3. The lowest BCUT2D eigenvalue weighted by Crippen LogP contribution is -2.21. The van der Waals surface area contributed by atoms with E-state index < -0.39 is 0 Å². The number of rotatable bonds is 2. The summed E-state index contributed by atoms with van der Waals surface area (Å²) in [7, 11) is 0. The zero-order valence-corrected chi connectivity index (χ0v) is 7.68. The van der Waals surface area contributed by atoms with Crippen LogP contribution in [-0.2, 0) is 4.79 Å². The highest BCUT2D eigenvalue weighted by Crippen LogP contribution is 2.31. The Kier molecular flexibility index (Phi) is 3.34. The molecule has 1 saturated carbocycles. The predicted octanol–water partition coefficient (Wildman–Crippen LogP) is 2.41. The van der Waals surface area contributed by atoms with Gasteiger partial charge in [-0.1, -0.05) is 26.2 Å². The third-order valence-electron chi connectivity index (χ3n) is 2.87. The molecule has 2 atom stereocenters. The van der Waals surface area contributed by atoms with E-state index >= 15 is 0 Å². The van der Waals surface area contributed by atoms with Gasteiger partial charge in [-0.25, -0.2) is 0 Å². The molecule has 0 saturated heterocycles. The number of Topliss-reactive ketones (excluding diaryl/α,β-unsaturated/α-hetero) is 1. The average molecular weight is 164 g/mol. The lowest BCUT2D eigenvalue weighted by Gasteiger charge is -2.25. The fourth-order valence-corrected chi connectivity index (χ4v) is 2.02. The molecular weight excluding hydrogens is 148 g/mol. The van der Waals surface area contributed by atoms with Crippen molar-refractivity contribution in [1.82, 2.24) is 0 Å². The quantitative estimate of drug-likeness (QED) is 0.452. The molecule has 1 aliphatic rings. The van der Waals surface area contributed by atoms with E-state index in [1.807, 2.05) is 0 Å². The SMILES string of the molecule is C#CC(=O)C1CCCC(CC)C1. The third-order valence-corrected chi connectivity index (χ3v) is 2.87. The van der Waals surface area contributed by atoms with Crippen LogP contribution in [0.1, 0.15) is 39.0 Å². The molecule has 12 heavy (non-hydrogen) atoms. The van der Waals surface area contributed by atoms with Crippen molar-refractivity contribution in [2.75, 3.05) is 0 Å². The molecule has 0 heterocycles. The highest BCUT2D eigenvalue weighted by Gasteiger charge is 2.24. The Morgan fingerprint density at radius 1 is 1.58 bits per heavy atom. The van der Waals surface area contributed by atoms with Gasteiger partial charge in [0.25, 0.3) is 0 Å². The molecule has 0 amide bonds. The van der Waals surface area contributed by atoms with Crippen LogP contribution in [0.25, 0.3) is 0 Å². The van der Waals surface area contributed by atoms with Gasteiger partial charge in [0.05, 0.1) is 0 Å². The van der Waals surface area contributed by atoms with Gasteiger partial charge < -0.3 is 0 Å². The molecule has 1 fully saturated rings. The summed E-state index contributed by atoms with van der Waals surface area (Å²) >= 11 is 0. The molecule has 0 aromatic rings. The van der Waals surface area contributed by atoms with Gasteiger partial charge in [-0.05, 0) is 24.7 Å². The van der Waals surface area contributed by atoms with Crippen molar-refractivity contribution >= 4 is 5.78 Å². The number of terminal acetylenes is 1. The van der Waals surface area contributed by atoms with Crippen LogP contribution in [0, 0.1) is 24.2 Å². The largest absolute Gasteiger partial charge is 0.285 e. The maximum absolute atomic E-state index is 11.2. The van der Waals surface area contributed by atoms with Crippen molar-refractivity contribution in [2.24, 2.45) is 11.8 Å². The zero-order chi connectivity index (χ0) is 8.97. The smallest absolute Gasteiger partial charge is 0.208 e. The fourth-order valence-electron chi connectivity index (χ4n) is 2.02. The Balaban J connectivity index is 2.47. The molecule has 0 bridgehead atoms. The van der Waals surface area contributed by atoms with E-state index in [4.69, 9.17) is 6.42 Å². The van der Waals surface area contributed by atoms with E-state index in [9.17, 15) is 4.79 Å². The minimum Gasteiger partial charge on any atom is -0.285 e. The molecule has 1 heteroatoms. The summed E-state index contributed by atoms with van der Waals surface area (Å²) in [5.41, 5.74) is 0. The summed E-state index contributed by atoms with van der Waals surface area (Å²) in [6.07, 6.45) is 10.8. The van der Waals surface area contributed by atoms with Gasteiger partial charge in [0.2, 0.25) is 5.78 Å². The molecular formula is C11H16O. The van der Waals surface area contributed by atoms with Crippen molar-refractivity contribution in [3.05, 3.63) is 0 Å². The van der Waals surface area contributed by atoms with Crippen LogP contribution >= 0.6 is 0 Å². The van der Waals surface area contributed by atoms with E-state index in [1.165, 1.54) is 19.3 Å². The Morgan fingerprint density at radius 3 is 2.92 bits per heavy atom. The third kappa shape index (κ3) is 2.11. The molecule has 0 radical (unpaired) electrons. The van der Waals surface area contributed by atoms with E-state index in [-0.39, 0.29) is 11.7 Å². The second-order valence-electron chi connectivity index (χ2n) is 3.65. The first-order chi connectivity index (χ1) is 5.77. The number of carbonyl (C=O) groups is 1. The molecule has 1 rings (SSSR count). The molecule has 66 valence electrons. The summed E-state index contributed by atoms with van der Waals surface area (Å²) in [4.78, 5) is 11.2. The van der Waals surface area contributed by atoms with E-state index in [1.54, 1.807) is 0 Å². The van der Waals surface area contributed by atoms with Gasteiger partial charge in [-0.15, -0.1) is 6.42 Å². The van der Waals surface area contributed by atoms with Gasteiger partial charge >= 0.3 is 0 Å². The summed E-state index contributed by atoms with van der Waals surface area (Å²) in [5, 5.41) is 0. The Labute approximate surface area is 74.5 Å². The molecule has 0 aliphatic heterocycles. The molecule has 1 nitrogen and oxygen atoms in total. The second kappa shape index (κ2) is 4.30. The number of carbonyl (C=O) groups excluding carboxylic acids is 1. The monoisotopic (exact) mass is 164 g/mol. The van der Waals surface area contributed by atoms with Crippen LogP contribution in [0.15, 0.2) is 0 Å².